The van der Waals surface area contributed by atoms with E-state index in [0.717, 1.165) is 12.1 Å². The third-order valence-electron chi connectivity index (χ3n) is 4.69. The zero-order valence-electron chi connectivity index (χ0n) is 15.7. The first kappa shape index (κ1) is 18.8. The molecule has 0 amide bonds. The smallest absolute Gasteiger partial charge is 0.310 e. The summed E-state index contributed by atoms with van der Waals surface area (Å²) in [6.07, 6.45) is 6.58. The van der Waals surface area contributed by atoms with Crippen molar-refractivity contribution in [2.24, 2.45) is 0 Å². The molecule has 134 valence electrons. The Balaban J connectivity index is 2.19. The van der Waals surface area contributed by atoms with Crippen LogP contribution in [0.3, 0.4) is 0 Å². The lowest BCUT2D eigenvalue weighted by atomic mass is 9.80. The standard InChI is InChI=1S/C20H31NO3/c1-14-18(24-23-15(2)22)12-11-16(19(14)20(3,4)5)13-21-17-9-7-6-8-10-17/h11-12,17,21H,6-10,13H2,1-5H3. The monoisotopic (exact) mass is 333 g/mol. The van der Waals surface area contributed by atoms with Gasteiger partial charge in [0, 0.05) is 25.1 Å². The van der Waals surface area contributed by atoms with Crippen LogP contribution < -0.4 is 10.2 Å². The summed E-state index contributed by atoms with van der Waals surface area (Å²) >= 11 is 0. The maximum Gasteiger partial charge on any atom is 0.352 e. The van der Waals surface area contributed by atoms with Crippen LogP contribution in [0.1, 0.15) is 76.5 Å². The van der Waals surface area contributed by atoms with E-state index in [-0.39, 0.29) is 5.41 Å². The van der Waals surface area contributed by atoms with Crippen LogP contribution in [-0.4, -0.2) is 12.0 Å². The van der Waals surface area contributed by atoms with Gasteiger partial charge in [-0.2, -0.15) is 0 Å². The maximum atomic E-state index is 11.0. The van der Waals surface area contributed by atoms with Crippen LogP contribution in [0, 0.1) is 6.92 Å². The minimum atomic E-state index is -0.449. The molecule has 0 spiro atoms. The van der Waals surface area contributed by atoms with Crippen LogP contribution in [0.4, 0.5) is 0 Å². The topological polar surface area (TPSA) is 47.6 Å². The number of nitrogens with one attached hydrogen (secondary N) is 1. The molecule has 1 N–H and O–H groups in total. The molecule has 0 heterocycles. The fraction of sp³-hybridized carbons (Fsp3) is 0.650. The number of hydrogen-bond acceptors (Lipinski definition) is 4. The van der Waals surface area contributed by atoms with Gasteiger partial charge in [-0.1, -0.05) is 46.1 Å². The van der Waals surface area contributed by atoms with Crippen LogP contribution in [0.25, 0.3) is 0 Å². The summed E-state index contributed by atoms with van der Waals surface area (Å²) in [5.41, 5.74) is 3.58. The molecule has 4 heteroatoms. The molecule has 0 aliphatic heterocycles. The van der Waals surface area contributed by atoms with Gasteiger partial charge in [0.15, 0.2) is 5.75 Å². The Morgan fingerprint density at radius 1 is 1.21 bits per heavy atom. The highest BCUT2D eigenvalue weighted by Crippen LogP contribution is 2.34. The zero-order valence-corrected chi connectivity index (χ0v) is 15.7. The number of carbonyl (C=O) groups is 1. The van der Waals surface area contributed by atoms with Gasteiger partial charge in [0.2, 0.25) is 0 Å². The minimum absolute atomic E-state index is 0.0107. The summed E-state index contributed by atoms with van der Waals surface area (Å²) in [6.45, 7) is 10.8. The van der Waals surface area contributed by atoms with Crippen LogP contribution in [-0.2, 0) is 21.6 Å². The average molecular weight is 333 g/mol. The van der Waals surface area contributed by atoms with E-state index in [1.54, 1.807) is 0 Å². The zero-order chi connectivity index (χ0) is 17.7. The Morgan fingerprint density at radius 2 is 1.88 bits per heavy atom. The van der Waals surface area contributed by atoms with Gasteiger partial charge in [-0.15, -0.1) is 0 Å². The van der Waals surface area contributed by atoms with E-state index in [9.17, 15) is 4.79 Å². The second kappa shape index (κ2) is 8.02. The van der Waals surface area contributed by atoms with Crippen molar-refractivity contribution >= 4 is 5.97 Å². The highest BCUT2D eigenvalue weighted by atomic mass is 17.2. The third kappa shape index (κ3) is 4.97. The molecule has 1 aliphatic rings. The first-order valence-electron chi connectivity index (χ1n) is 9.00. The largest absolute Gasteiger partial charge is 0.352 e. The van der Waals surface area contributed by atoms with E-state index >= 15 is 0 Å². The molecule has 1 fully saturated rings. The molecule has 1 saturated carbocycles. The molecule has 0 saturated heterocycles. The number of carbonyl (C=O) groups excluding carboxylic acids is 1. The highest BCUT2D eigenvalue weighted by Gasteiger charge is 2.24. The first-order chi connectivity index (χ1) is 11.3. The summed E-state index contributed by atoms with van der Waals surface area (Å²) in [5, 5.41) is 3.72. The summed E-state index contributed by atoms with van der Waals surface area (Å²) in [6, 6.07) is 4.61. The van der Waals surface area contributed by atoms with Gasteiger partial charge < -0.3 is 5.32 Å². The molecule has 4 nitrogen and oxygen atoms in total. The predicted molar refractivity (Wildman–Crippen MR) is 96.0 cm³/mol. The normalized spacial score (nSPS) is 16.0. The van der Waals surface area contributed by atoms with Crippen LogP contribution in [0.15, 0.2) is 12.1 Å². The van der Waals surface area contributed by atoms with E-state index in [2.05, 4.69) is 32.2 Å². The molecular weight excluding hydrogens is 302 g/mol. The summed E-state index contributed by atoms with van der Waals surface area (Å²) in [5.74, 6) is 0.159. The van der Waals surface area contributed by atoms with Crippen molar-refractivity contribution < 1.29 is 14.6 Å². The minimum Gasteiger partial charge on any atom is -0.310 e. The maximum absolute atomic E-state index is 11.0. The van der Waals surface area contributed by atoms with Crippen molar-refractivity contribution in [1.29, 1.82) is 0 Å². The third-order valence-corrected chi connectivity index (χ3v) is 4.69. The molecule has 1 aromatic rings. The van der Waals surface area contributed by atoms with Crippen molar-refractivity contribution in [3.05, 3.63) is 28.8 Å². The highest BCUT2D eigenvalue weighted by molar-refractivity contribution is 5.65. The molecule has 2 rings (SSSR count). The van der Waals surface area contributed by atoms with Gasteiger partial charge in [0.25, 0.3) is 0 Å². The van der Waals surface area contributed by atoms with Crippen LogP contribution in [0.5, 0.6) is 5.75 Å². The molecule has 1 aromatic carbocycles. The molecular formula is C20H31NO3. The molecule has 0 bridgehead atoms. The van der Waals surface area contributed by atoms with Gasteiger partial charge in [0.05, 0.1) is 0 Å². The number of rotatable bonds is 5. The van der Waals surface area contributed by atoms with Crippen LogP contribution in [0.2, 0.25) is 0 Å². The first-order valence-corrected chi connectivity index (χ1v) is 9.00. The van der Waals surface area contributed by atoms with E-state index in [4.69, 9.17) is 9.78 Å². The van der Waals surface area contributed by atoms with Gasteiger partial charge in [-0.25, -0.2) is 4.79 Å². The Kier molecular flexibility index (Phi) is 6.27. The number of benzene rings is 1. The predicted octanol–water partition coefficient (Wildman–Crippen LogP) is 4.57. The second-order valence-electron chi connectivity index (χ2n) is 7.85. The van der Waals surface area contributed by atoms with Gasteiger partial charge in [-0.3, -0.25) is 9.78 Å². The average Bonchev–Trinajstić information content (AvgIpc) is 2.51. The van der Waals surface area contributed by atoms with E-state index in [1.165, 1.54) is 50.2 Å². The lowest BCUT2D eigenvalue weighted by Crippen LogP contribution is -2.31. The number of hydrogen-bond donors (Lipinski definition) is 1. The Hall–Kier alpha value is -1.55. The van der Waals surface area contributed by atoms with Crippen molar-refractivity contribution in [3.63, 3.8) is 0 Å². The Bertz CT molecular complexity index is 569. The fourth-order valence-corrected chi connectivity index (χ4v) is 3.69. The van der Waals surface area contributed by atoms with Crippen LogP contribution >= 0.6 is 0 Å². The Labute approximate surface area is 145 Å². The van der Waals surface area contributed by atoms with Gasteiger partial charge >= 0.3 is 5.97 Å². The van der Waals surface area contributed by atoms with Gasteiger partial charge in [-0.05, 0) is 42.4 Å². The van der Waals surface area contributed by atoms with Crippen molar-refractivity contribution in [3.8, 4) is 5.75 Å². The molecule has 1 aliphatic carbocycles. The Morgan fingerprint density at radius 3 is 2.46 bits per heavy atom. The molecule has 24 heavy (non-hydrogen) atoms. The molecule has 0 aromatic heterocycles. The second-order valence-corrected chi connectivity index (χ2v) is 7.85. The quantitative estimate of drug-likeness (QED) is 0.633. The van der Waals surface area contributed by atoms with Crippen molar-refractivity contribution in [1.82, 2.24) is 5.32 Å². The van der Waals surface area contributed by atoms with Gasteiger partial charge in [0.1, 0.15) is 0 Å². The lowest BCUT2D eigenvalue weighted by Gasteiger charge is -2.28. The molecule has 0 atom stereocenters. The summed E-state index contributed by atoms with van der Waals surface area (Å²) in [7, 11) is 0. The van der Waals surface area contributed by atoms with Crippen molar-refractivity contribution in [2.75, 3.05) is 0 Å². The lowest BCUT2D eigenvalue weighted by molar-refractivity contribution is -0.211. The van der Waals surface area contributed by atoms with E-state index < -0.39 is 5.97 Å². The van der Waals surface area contributed by atoms with E-state index in [1.807, 2.05) is 13.0 Å². The molecule has 0 unspecified atom stereocenters. The SMILES string of the molecule is CC(=O)OOc1ccc(CNC2CCCCC2)c(C(C)(C)C)c1C. The fourth-order valence-electron chi connectivity index (χ4n) is 3.69. The van der Waals surface area contributed by atoms with Crippen molar-refractivity contribution in [2.45, 2.75) is 84.7 Å². The summed E-state index contributed by atoms with van der Waals surface area (Å²) in [4.78, 5) is 20.9. The summed E-state index contributed by atoms with van der Waals surface area (Å²) < 4.78 is 0. The van der Waals surface area contributed by atoms with E-state index in [0.29, 0.717) is 11.8 Å². The molecule has 0 radical (unpaired) electrons.